The van der Waals surface area contributed by atoms with Crippen molar-refractivity contribution in [1.29, 1.82) is 0 Å². The monoisotopic (exact) mass is 414 g/mol. The minimum absolute atomic E-state index is 0.250. The van der Waals surface area contributed by atoms with E-state index in [0.717, 1.165) is 22.3 Å². The van der Waals surface area contributed by atoms with Gasteiger partial charge in [0.25, 0.3) is 11.8 Å². The lowest BCUT2D eigenvalue weighted by Gasteiger charge is -2.16. The van der Waals surface area contributed by atoms with Crippen molar-refractivity contribution in [2.75, 3.05) is 14.2 Å². The Hall–Kier alpha value is -2.84. The number of amides is 2. The molecule has 1 aliphatic rings. The van der Waals surface area contributed by atoms with E-state index in [1.807, 2.05) is 19.1 Å². The Balaban J connectivity index is 1.85. The normalized spacial score (nSPS) is 15.1. The zero-order valence-corrected chi connectivity index (χ0v) is 17.1. The number of nitrogens with one attached hydrogen (secondary N) is 1. The van der Waals surface area contributed by atoms with Crippen LogP contribution in [0.15, 0.2) is 47.4 Å². The molecule has 1 aliphatic heterocycles. The van der Waals surface area contributed by atoms with Crippen LogP contribution in [0, 0.1) is 6.92 Å². The van der Waals surface area contributed by atoms with E-state index in [1.165, 1.54) is 7.11 Å². The molecule has 0 unspecified atom stereocenters. The Morgan fingerprint density at radius 1 is 1.14 bits per heavy atom. The highest BCUT2D eigenvalue weighted by molar-refractivity contribution is 8.26. The van der Waals surface area contributed by atoms with Crippen LogP contribution < -0.4 is 14.9 Å². The summed E-state index contributed by atoms with van der Waals surface area (Å²) in [7, 11) is 3.07. The molecule has 0 bridgehead atoms. The Morgan fingerprint density at radius 3 is 2.57 bits per heavy atom. The largest absolute Gasteiger partial charge is 0.493 e. The number of carbonyl (C=O) groups excluding carboxylic acids is 2. The third kappa shape index (κ3) is 3.88. The van der Waals surface area contributed by atoms with Crippen molar-refractivity contribution in [3.05, 3.63) is 64.1 Å². The summed E-state index contributed by atoms with van der Waals surface area (Å²) >= 11 is 6.39. The highest BCUT2D eigenvalue weighted by Gasteiger charge is 2.34. The van der Waals surface area contributed by atoms with Crippen molar-refractivity contribution in [2.24, 2.45) is 0 Å². The molecule has 0 atom stereocenters. The predicted molar refractivity (Wildman–Crippen MR) is 113 cm³/mol. The van der Waals surface area contributed by atoms with Gasteiger partial charge >= 0.3 is 0 Å². The first-order valence-electron chi connectivity index (χ1n) is 8.31. The molecule has 1 N–H and O–H groups in total. The standard InChI is InChI=1S/C20H18N2O4S2/c1-12-7-4-5-9-14(12)18(23)21-22-19(24)16(28-20(22)27)11-13-8-6-10-15(25-2)17(13)26-3/h4-11H,1-3H3,(H,21,23)/b16-11-. The molecule has 3 rings (SSSR count). The SMILES string of the molecule is COc1cccc(/C=C2\SC(=S)N(NC(=O)c3ccccc3C)C2=O)c1OC. The number of thioether (sulfide) groups is 1. The number of hydrazine groups is 1. The molecular formula is C20H18N2O4S2. The van der Waals surface area contributed by atoms with Crippen LogP contribution in [0.1, 0.15) is 21.5 Å². The molecule has 2 aromatic carbocycles. The summed E-state index contributed by atoms with van der Waals surface area (Å²) in [6, 6.07) is 12.5. The number of hydrogen-bond acceptors (Lipinski definition) is 6. The van der Waals surface area contributed by atoms with Gasteiger partial charge in [-0.25, -0.2) is 0 Å². The number of para-hydroxylation sites is 1. The maximum absolute atomic E-state index is 12.8. The van der Waals surface area contributed by atoms with Crippen molar-refractivity contribution in [1.82, 2.24) is 10.4 Å². The van der Waals surface area contributed by atoms with Crippen LogP contribution >= 0.6 is 24.0 Å². The van der Waals surface area contributed by atoms with Crippen molar-refractivity contribution >= 4 is 46.2 Å². The molecule has 0 aliphatic carbocycles. The first-order valence-corrected chi connectivity index (χ1v) is 9.54. The zero-order valence-electron chi connectivity index (χ0n) is 15.5. The summed E-state index contributed by atoms with van der Waals surface area (Å²) in [5.41, 5.74) is 4.55. The summed E-state index contributed by atoms with van der Waals surface area (Å²) in [4.78, 5) is 25.7. The molecule has 8 heteroatoms. The Labute approximate surface area is 172 Å². The van der Waals surface area contributed by atoms with Crippen molar-refractivity contribution < 1.29 is 19.1 Å². The van der Waals surface area contributed by atoms with E-state index in [1.54, 1.807) is 43.5 Å². The molecule has 2 amide bonds. The summed E-state index contributed by atoms with van der Waals surface area (Å²) in [5.74, 6) is 0.273. The van der Waals surface area contributed by atoms with E-state index < -0.39 is 11.8 Å². The quantitative estimate of drug-likeness (QED) is 0.596. The highest BCUT2D eigenvalue weighted by Crippen LogP contribution is 2.36. The lowest BCUT2D eigenvalue weighted by molar-refractivity contribution is -0.123. The third-order valence-electron chi connectivity index (χ3n) is 4.12. The number of aryl methyl sites for hydroxylation is 1. The fourth-order valence-electron chi connectivity index (χ4n) is 2.72. The first-order chi connectivity index (χ1) is 13.5. The van der Waals surface area contributed by atoms with Crippen LogP contribution in [0.25, 0.3) is 6.08 Å². The molecule has 6 nitrogen and oxygen atoms in total. The molecule has 1 fully saturated rings. The number of methoxy groups -OCH3 is 2. The van der Waals surface area contributed by atoms with Gasteiger partial charge in [-0.2, -0.15) is 5.01 Å². The van der Waals surface area contributed by atoms with Crippen molar-refractivity contribution in [3.63, 3.8) is 0 Å². The molecule has 0 saturated carbocycles. The molecule has 144 valence electrons. The second-order valence-electron chi connectivity index (χ2n) is 5.86. The van der Waals surface area contributed by atoms with Gasteiger partial charge < -0.3 is 9.47 Å². The summed E-state index contributed by atoms with van der Waals surface area (Å²) in [6.45, 7) is 1.83. The van der Waals surface area contributed by atoms with E-state index in [-0.39, 0.29) is 4.32 Å². The minimum atomic E-state index is -0.401. The molecular weight excluding hydrogens is 396 g/mol. The van der Waals surface area contributed by atoms with Crippen molar-refractivity contribution in [3.8, 4) is 11.5 Å². The fourth-order valence-corrected chi connectivity index (χ4v) is 3.89. The van der Waals surface area contributed by atoms with E-state index >= 15 is 0 Å². The van der Waals surface area contributed by atoms with Crippen molar-refractivity contribution in [2.45, 2.75) is 6.92 Å². The van der Waals surface area contributed by atoms with Gasteiger partial charge in [0.15, 0.2) is 15.8 Å². The number of ether oxygens (including phenoxy) is 2. The number of nitrogens with zero attached hydrogens (tertiary/aromatic N) is 1. The summed E-state index contributed by atoms with van der Waals surface area (Å²) in [6.07, 6.45) is 1.67. The molecule has 1 saturated heterocycles. The van der Waals surface area contributed by atoms with Gasteiger partial charge in [0.05, 0.1) is 19.1 Å². The van der Waals surface area contributed by atoms with Crippen LogP contribution in [0.3, 0.4) is 0 Å². The minimum Gasteiger partial charge on any atom is -0.493 e. The smallest absolute Gasteiger partial charge is 0.285 e. The Morgan fingerprint density at radius 2 is 1.89 bits per heavy atom. The second kappa shape index (κ2) is 8.45. The van der Waals surface area contributed by atoms with Gasteiger partial charge in [-0.05, 0) is 42.9 Å². The van der Waals surface area contributed by atoms with Gasteiger partial charge in [-0.1, -0.05) is 42.1 Å². The summed E-state index contributed by atoms with van der Waals surface area (Å²) in [5, 5.41) is 1.09. The molecule has 0 radical (unpaired) electrons. The average molecular weight is 415 g/mol. The molecule has 2 aromatic rings. The topological polar surface area (TPSA) is 67.9 Å². The van der Waals surface area contributed by atoms with Crippen LogP contribution in [-0.2, 0) is 4.79 Å². The molecule has 0 aromatic heterocycles. The number of thiocarbonyl (C=S) groups is 1. The zero-order chi connectivity index (χ0) is 20.3. The van der Waals surface area contributed by atoms with Gasteiger partial charge in [-0.15, -0.1) is 0 Å². The van der Waals surface area contributed by atoms with E-state index in [2.05, 4.69) is 5.43 Å². The molecule has 1 heterocycles. The molecule has 28 heavy (non-hydrogen) atoms. The number of hydrogen-bond donors (Lipinski definition) is 1. The molecule has 0 spiro atoms. The van der Waals surface area contributed by atoms with Crippen LogP contribution in [0.2, 0.25) is 0 Å². The highest BCUT2D eigenvalue weighted by atomic mass is 32.2. The number of rotatable bonds is 5. The van der Waals surface area contributed by atoms with Crippen LogP contribution in [0.5, 0.6) is 11.5 Å². The lowest BCUT2D eigenvalue weighted by Crippen LogP contribution is -2.45. The Kier molecular flexibility index (Phi) is 6.01. The summed E-state index contributed by atoms with van der Waals surface area (Å²) < 4.78 is 10.9. The maximum atomic E-state index is 12.8. The van der Waals surface area contributed by atoms with E-state index in [9.17, 15) is 9.59 Å². The van der Waals surface area contributed by atoms with Gasteiger partial charge in [-0.3, -0.25) is 15.0 Å². The van der Waals surface area contributed by atoms with E-state index in [0.29, 0.717) is 27.5 Å². The van der Waals surface area contributed by atoms with Gasteiger partial charge in [0.1, 0.15) is 0 Å². The number of carbonyl (C=O) groups is 2. The van der Waals surface area contributed by atoms with Crippen LogP contribution in [0.4, 0.5) is 0 Å². The van der Waals surface area contributed by atoms with Crippen LogP contribution in [-0.4, -0.2) is 35.4 Å². The third-order valence-corrected chi connectivity index (χ3v) is 5.42. The predicted octanol–water partition coefficient (Wildman–Crippen LogP) is 3.56. The average Bonchev–Trinajstić information content (AvgIpc) is 2.95. The Bertz CT molecular complexity index is 988. The second-order valence-corrected chi connectivity index (χ2v) is 7.53. The fraction of sp³-hybridized carbons (Fsp3) is 0.150. The lowest BCUT2D eigenvalue weighted by atomic mass is 10.1. The number of benzene rings is 2. The van der Waals surface area contributed by atoms with E-state index in [4.69, 9.17) is 21.7 Å². The van der Waals surface area contributed by atoms with Gasteiger partial charge in [0, 0.05) is 11.1 Å². The maximum Gasteiger partial charge on any atom is 0.285 e. The first kappa shape index (κ1) is 19.9. The van der Waals surface area contributed by atoms with Gasteiger partial charge in [0.2, 0.25) is 0 Å².